The minimum Gasteiger partial charge on any atom is -0.438 e. The lowest BCUT2D eigenvalue weighted by atomic mass is 9.91. The normalized spacial score (nSPS) is 21.1. The van der Waals surface area contributed by atoms with Crippen LogP contribution in [0.5, 0.6) is 0 Å². The first-order chi connectivity index (χ1) is 12.6. The molecular weight excluding hydrogens is 356 g/mol. The number of furan rings is 1. The topological polar surface area (TPSA) is 88.9 Å². The summed E-state index contributed by atoms with van der Waals surface area (Å²) in [5.41, 5.74) is 0. The Bertz CT molecular complexity index is 686. The standard InChI is InChI=1S/C18H28N2O5S/c21-18(19-14-15-6-4-2-1-3-5-7-15)16-8-9-17(25-16)26(22,23)20-10-12-24-13-11-20/h8-9,15H,1-7,10-14H2,(H,19,21). The number of hydrogen-bond donors (Lipinski definition) is 1. The van der Waals surface area contributed by atoms with E-state index in [0.29, 0.717) is 38.8 Å². The molecule has 0 spiro atoms. The molecule has 1 aromatic heterocycles. The number of sulfonamides is 1. The first-order valence-corrected chi connectivity index (χ1v) is 11.0. The summed E-state index contributed by atoms with van der Waals surface area (Å²) in [6.07, 6.45) is 8.54. The number of carbonyl (C=O) groups is 1. The lowest BCUT2D eigenvalue weighted by Gasteiger charge is -2.24. The van der Waals surface area contributed by atoms with Crippen LogP contribution in [0.1, 0.15) is 55.5 Å². The van der Waals surface area contributed by atoms with Gasteiger partial charge in [0.05, 0.1) is 13.2 Å². The molecule has 0 unspecified atom stereocenters. The van der Waals surface area contributed by atoms with Crippen molar-refractivity contribution in [3.63, 3.8) is 0 Å². The van der Waals surface area contributed by atoms with Crippen LogP contribution in [0.25, 0.3) is 0 Å². The molecule has 1 aliphatic carbocycles. The third-order valence-electron chi connectivity index (χ3n) is 5.15. The summed E-state index contributed by atoms with van der Waals surface area (Å²) >= 11 is 0. The summed E-state index contributed by atoms with van der Waals surface area (Å²) in [4.78, 5) is 12.3. The maximum absolute atomic E-state index is 12.5. The highest BCUT2D eigenvalue weighted by Gasteiger charge is 2.30. The molecule has 2 heterocycles. The zero-order valence-corrected chi connectivity index (χ0v) is 15.9. The van der Waals surface area contributed by atoms with E-state index in [0.717, 1.165) is 12.8 Å². The van der Waals surface area contributed by atoms with E-state index in [4.69, 9.17) is 9.15 Å². The van der Waals surface area contributed by atoms with Gasteiger partial charge in [-0.1, -0.05) is 32.1 Å². The molecule has 0 bridgehead atoms. The molecular formula is C18H28N2O5S. The smallest absolute Gasteiger partial charge is 0.287 e. The Morgan fingerprint density at radius 3 is 2.42 bits per heavy atom. The van der Waals surface area contributed by atoms with Crippen molar-refractivity contribution in [3.05, 3.63) is 17.9 Å². The minimum atomic E-state index is -3.71. The van der Waals surface area contributed by atoms with Crippen LogP contribution < -0.4 is 5.32 Å². The summed E-state index contributed by atoms with van der Waals surface area (Å²) in [6.45, 7) is 1.95. The zero-order chi connectivity index (χ0) is 18.4. The monoisotopic (exact) mass is 384 g/mol. The number of amides is 1. The highest BCUT2D eigenvalue weighted by Crippen LogP contribution is 2.22. The Morgan fingerprint density at radius 2 is 1.73 bits per heavy atom. The van der Waals surface area contributed by atoms with Gasteiger partial charge >= 0.3 is 0 Å². The second-order valence-electron chi connectivity index (χ2n) is 7.06. The van der Waals surface area contributed by atoms with Crippen LogP contribution in [0, 0.1) is 5.92 Å². The van der Waals surface area contributed by atoms with Crippen molar-refractivity contribution in [2.45, 2.75) is 50.0 Å². The summed E-state index contributed by atoms with van der Waals surface area (Å²) < 4.78 is 37.0. The summed E-state index contributed by atoms with van der Waals surface area (Å²) in [5.74, 6) is 0.184. The highest BCUT2D eigenvalue weighted by molar-refractivity contribution is 7.89. The van der Waals surface area contributed by atoms with Gasteiger partial charge in [-0.15, -0.1) is 0 Å². The number of rotatable bonds is 5. The fraction of sp³-hybridized carbons (Fsp3) is 0.722. The fourth-order valence-electron chi connectivity index (χ4n) is 3.56. The quantitative estimate of drug-likeness (QED) is 0.842. The summed E-state index contributed by atoms with van der Waals surface area (Å²) in [7, 11) is -3.71. The van der Waals surface area contributed by atoms with E-state index < -0.39 is 10.0 Å². The van der Waals surface area contributed by atoms with Gasteiger partial charge in [0, 0.05) is 19.6 Å². The number of hydrogen-bond acceptors (Lipinski definition) is 5. The van der Waals surface area contributed by atoms with Gasteiger partial charge in [0.1, 0.15) is 0 Å². The molecule has 0 radical (unpaired) electrons. The van der Waals surface area contributed by atoms with Gasteiger partial charge in [0.25, 0.3) is 15.9 Å². The van der Waals surface area contributed by atoms with Crippen LogP contribution in [0.15, 0.2) is 21.6 Å². The largest absolute Gasteiger partial charge is 0.438 e. The average molecular weight is 384 g/mol. The predicted molar refractivity (Wildman–Crippen MR) is 96.4 cm³/mol. The van der Waals surface area contributed by atoms with Crippen molar-refractivity contribution in [2.24, 2.45) is 5.92 Å². The molecule has 8 heteroatoms. The van der Waals surface area contributed by atoms with E-state index in [-0.39, 0.29) is 16.8 Å². The number of morpholine rings is 1. The predicted octanol–water partition coefficient (Wildman–Crippen LogP) is 2.39. The van der Waals surface area contributed by atoms with Gasteiger partial charge in [-0.3, -0.25) is 4.79 Å². The van der Waals surface area contributed by atoms with E-state index in [1.807, 2.05) is 0 Å². The molecule has 1 saturated heterocycles. The van der Waals surface area contributed by atoms with E-state index in [1.165, 1.54) is 48.5 Å². The van der Waals surface area contributed by atoms with Gasteiger partial charge in [0.2, 0.25) is 5.09 Å². The van der Waals surface area contributed by atoms with Crippen molar-refractivity contribution < 1.29 is 22.4 Å². The maximum atomic E-state index is 12.5. The van der Waals surface area contributed by atoms with Crippen molar-refractivity contribution in [2.75, 3.05) is 32.8 Å². The van der Waals surface area contributed by atoms with E-state index in [9.17, 15) is 13.2 Å². The van der Waals surface area contributed by atoms with Gasteiger partial charge in [0.15, 0.2) is 5.76 Å². The third-order valence-corrected chi connectivity index (χ3v) is 6.92. The lowest BCUT2D eigenvalue weighted by molar-refractivity contribution is 0.0722. The van der Waals surface area contributed by atoms with E-state index in [1.54, 1.807) is 0 Å². The van der Waals surface area contributed by atoms with Crippen LogP contribution in [-0.4, -0.2) is 51.5 Å². The summed E-state index contributed by atoms with van der Waals surface area (Å²) in [6, 6.07) is 2.79. The van der Waals surface area contributed by atoms with Crippen molar-refractivity contribution in [1.29, 1.82) is 0 Å². The fourth-order valence-corrected chi connectivity index (χ4v) is 4.88. The first-order valence-electron chi connectivity index (χ1n) is 9.53. The molecule has 1 aliphatic heterocycles. The highest BCUT2D eigenvalue weighted by atomic mass is 32.2. The Labute approximate surface area is 155 Å². The number of nitrogens with zero attached hydrogens (tertiary/aromatic N) is 1. The molecule has 1 N–H and O–H groups in total. The molecule has 1 saturated carbocycles. The molecule has 7 nitrogen and oxygen atoms in total. The number of carbonyl (C=O) groups excluding carboxylic acids is 1. The van der Waals surface area contributed by atoms with E-state index in [2.05, 4.69) is 5.32 Å². The van der Waals surface area contributed by atoms with Crippen LogP contribution in [0.4, 0.5) is 0 Å². The number of ether oxygens (including phenoxy) is 1. The average Bonchev–Trinajstić information content (AvgIpc) is 3.12. The van der Waals surface area contributed by atoms with Crippen LogP contribution in [0.2, 0.25) is 0 Å². The Kier molecular flexibility index (Phi) is 6.72. The molecule has 146 valence electrons. The summed E-state index contributed by atoms with van der Waals surface area (Å²) in [5, 5.41) is 2.72. The Balaban J connectivity index is 1.57. The van der Waals surface area contributed by atoms with Crippen molar-refractivity contribution >= 4 is 15.9 Å². The molecule has 0 atom stereocenters. The number of nitrogens with one attached hydrogen (secondary N) is 1. The molecule has 3 rings (SSSR count). The van der Waals surface area contributed by atoms with Gasteiger partial charge in [-0.05, 0) is 30.9 Å². The van der Waals surface area contributed by atoms with Crippen molar-refractivity contribution in [3.8, 4) is 0 Å². The Hall–Kier alpha value is -1.38. The Morgan fingerprint density at radius 1 is 1.08 bits per heavy atom. The third kappa shape index (κ3) is 4.86. The second-order valence-corrected chi connectivity index (χ2v) is 8.93. The zero-order valence-electron chi connectivity index (χ0n) is 15.1. The van der Waals surface area contributed by atoms with Crippen LogP contribution >= 0.6 is 0 Å². The molecule has 1 aromatic rings. The molecule has 2 aliphatic rings. The second kappa shape index (κ2) is 9.01. The van der Waals surface area contributed by atoms with Gasteiger partial charge in [-0.2, -0.15) is 4.31 Å². The van der Waals surface area contributed by atoms with Crippen LogP contribution in [0.3, 0.4) is 0 Å². The lowest BCUT2D eigenvalue weighted by Crippen LogP contribution is -2.40. The van der Waals surface area contributed by atoms with Crippen molar-refractivity contribution in [1.82, 2.24) is 9.62 Å². The first kappa shape index (κ1) is 19.4. The minimum absolute atomic E-state index is 0.0441. The van der Waals surface area contributed by atoms with E-state index >= 15 is 0 Å². The molecule has 0 aromatic carbocycles. The SMILES string of the molecule is O=C(NCC1CCCCCCC1)c1ccc(S(=O)(=O)N2CCOCC2)o1. The molecule has 26 heavy (non-hydrogen) atoms. The van der Waals surface area contributed by atoms with Crippen LogP contribution in [-0.2, 0) is 14.8 Å². The molecule has 1 amide bonds. The van der Waals surface area contributed by atoms with Gasteiger partial charge in [-0.25, -0.2) is 8.42 Å². The molecule has 2 fully saturated rings. The van der Waals surface area contributed by atoms with Gasteiger partial charge < -0.3 is 14.5 Å². The maximum Gasteiger partial charge on any atom is 0.287 e.